The summed E-state index contributed by atoms with van der Waals surface area (Å²) in [5.41, 5.74) is 0. The third kappa shape index (κ3) is 6.16. The molecule has 0 aromatic rings. The summed E-state index contributed by atoms with van der Waals surface area (Å²) in [6.07, 6.45) is -8.50. The third-order valence-electron chi connectivity index (χ3n) is 7.29. The Balaban J connectivity index is 7.93. The van der Waals surface area contributed by atoms with Gasteiger partial charge in [-0.3, -0.25) is 0 Å². The van der Waals surface area contributed by atoms with Gasteiger partial charge in [0.15, 0.2) is 6.67 Å². The molecule has 0 radical (unpaired) electrons. The fourth-order valence-electron chi connectivity index (χ4n) is 3.45. The van der Waals surface area contributed by atoms with Crippen LogP contribution in [0.5, 0.6) is 0 Å². The third-order valence-corrected chi connectivity index (χ3v) is 7.29. The Labute approximate surface area is 296 Å². The quantitative estimate of drug-likeness (QED) is 0.120. The second-order valence-corrected chi connectivity index (χ2v) is 11.1. The van der Waals surface area contributed by atoms with Gasteiger partial charge >= 0.3 is 113 Å². The lowest BCUT2D eigenvalue weighted by Gasteiger charge is -2.47. The average molecular weight is 1000 g/mol. The standard InChI is InChI=1S/C20H2F40/c21-1-2(22,23)3(24,25)4(26,27)5(28,29)6(30,31)7(32,33)8(34,35)9(36,37)10(38,39)11(40,41)12(42,43)13(44,45)14(46,47)15(48,49)16(50,51)17(52,53)18(54,55)19(56,57)20(58,59)60/h1H2. The van der Waals surface area contributed by atoms with Crippen LogP contribution in [-0.4, -0.2) is 119 Å². The predicted octanol–water partition coefficient (Wildman–Crippen LogP) is 13.0. The summed E-state index contributed by atoms with van der Waals surface area (Å²) in [7, 11) is 0. The molecule has 0 N–H and O–H groups in total. The molecule has 0 atom stereocenters. The second kappa shape index (κ2) is 13.6. The van der Waals surface area contributed by atoms with Crippen LogP contribution in [0.2, 0.25) is 0 Å². The lowest BCUT2D eigenvalue weighted by Crippen LogP contribution is -2.80. The zero-order valence-electron chi connectivity index (χ0n) is 25.3. The molecule has 0 unspecified atom stereocenters. The van der Waals surface area contributed by atoms with Gasteiger partial charge in [-0.1, -0.05) is 0 Å². The summed E-state index contributed by atoms with van der Waals surface area (Å²) in [6, 6.07) is 0. The monoisotopic (exact) mass is 1000 g/mol. The zero-order valence-corrected chi connectivity index (χ0v) is 25.3. The molecule has 0 amide bonds. The van der Waals surface area contributed by atoms with Gasteiger partial charge in [0.2, 0.25) is 0 Å². The van der Waals surface area contributed by atoms with E-state index in [2.05, 4.69) is 0 Å². The minimum Gasteiger partial charge on any atom is -0.244 e. The first-order chi connectivity index (χ1) is 25.1. The zero-order chi connectivity index (χ0) is 50.2. The maximum atomic E-state index is 13.9. The van der Waals surface area contributed by atoms with E-state index in [0.29, 0.717) is 0 Å². The van der Waals surface area contributed by atoms with E-state index in [1.165, 1.54) is 0 Å². The Bertz CT molecular complexity index is 1550. The molecule has 0 saturated carbocycles. The normalized spacial score (nSPS) is 17.4. The first-order valence-electron chi connectivity index (χ1n) is 12.5. The molecule has 0 saturated heterocycles. The molecule has 0 aliphatic rings. The molecule has 60 heavy (non-hydrogen) atoms. The number of rotatable bonds is 18. The van der Waals surface area contributed by atoms with Crippen LogP contribution in [-0.2, 0) is 0 Å². The van der Waals surface area contributed by atoms with Crippen molar-refractivity contribution in [3.63, 3.8) is 0 Å². The van der Waals surface area contributed by atoms with Crippen LogP contribution in [0, 0.1) is 0 Å². The van der Waals surface area contributed by atoms with Gasteiger partial charge < -0.3 is 0 Å². The number of hydrogen-bond acceptors (Lipinski definition) is 0. The molecule has 0 aliphatic carbocycles. The Hall–Kier alpha value is -2.80. The van der Waals surface area contributed by atoms with Crippen LogP contribution in [0.1, 0.15) is 0 Å². The molecule has 0 nitrogen and oxygen atoms in total. The second-order valence-electron chi connectivity index (χ2n) is 11.1. The summed E-state index contributed by atoms with van der Waals surface area (Å²) in [6.45, 7) is -4.52. The molecule has 0 heterocycles. The molecule has 0 aromatic heterocycles. The average Bonchev–Trinajstić information content (AvgIpc) is 3.02. The fraction of sp³-hybridized carbons (Fsp3) is 1.00. The van der Waals surface area contributed by atoms with Crippen LogP contribution in [0.25, 0.3) is 0 Å². The Morgan fingerprint density at radius 3 is 0.350 bits per heavy atom. The van der Waals surface area contributed by atoms with Crippen LogP contribution in [0.15, 0.2) is 0 Å². The van der Waals surface area contributed by atoms with Crippen molar-refractivity contribution < 1.29 is 176 Å². The van der Waals surface area contributed by atoms with Crippen molar-refractivity contribution >= 4 is 0 Å². The van der Waals surface area contributed by atoms with Crippen LogP contribution < -0.4 is 0 Å². The van der Waals surface area contributed by atoms with E-state index in [1.807, 2.05) is 0 Å². The molecule has 0 fully saturated rings. The molecule has 0 bridgehead atoms. The van der Waals surface area contributed by atoms with E-state index in [1.54, 1.807) is 0 Å². The van der Waals surface area contributed by atoms with Crippen molar-refractivity contribution in [3.8, 4) is 0 Å². The minimum atomic E-state index is -10.5. The smallest absolute Gasteiger partial charge is 0.244 e. The van der Waals surface area contributed by atoms with E-state index in [9.17, 15) is 176 Å². The highest BCUT2D eigenvalue weighted by Crippen LogP contribution is 2.71. The highest BCUT2D eigenvalue weighted by molar-refractivity contribution is 5.23. The molecule has 40 heteroatoms. The van der Waals surface area contributed by atoms with Gasteiger partial charge in [-0.15, -0.1) is 0 Å². The molecule has 0 rings (SSSR count). The summed E-state index contributed by atoms with van der Waals surface area (Å²) in [4.78, 5) is 0. The topological polar surface area (TPSA) is 0 Å². The van der Waals surface area contributed by atoms with Crippen molar-refractivity contribution in [2.75, 3.05) is 6.67 Å². The Morgan fingerprint density at radius 2 is 0.250 bits per heavy atom. The van der Waals surface area contributed by atoms with Gasteiger partial charge in [0.1, 0.15) is 0 Å². The van der Waals surface area contributed by atoms with Crippen LogP contribution in [0.3, 0.4) is 0 Å². The van der Waals surface area contributed by atoms with Gasteiger partial charge in [-0.2, -0.15) is 171 Å². The highest BCUT2D eigenvalue weighted by Gasteiger charge is 3.03. The van der Waals surface area contributed by atoms with Gasteiger partial charge in [-0.05, 0) is 0 Å². The Kier molecular flexibility index (Phi) is 13.0. The molecule has 362 valence electrons. The maximum absolute atomic E-state index is 13.9. The molecule has 0 spiro atoms. The SMILES string of the molecule is FCC(F)(F)C(F)(F)C(F)(F)C(F)(F)C(F)(F)C(F)(F)C(F)(F)C(F)(F)C(F)(F)C(F)(F)C(F)(F)C(F)(F)C(F)(F)C(F)(F)C(F)(F)C(F)(F)C(F)(F)C(F)(F)C(F)(F)F. The van der Waals surface area contributed by atoms with Crippen molar-refractivity contribution in [1.29, 1.82) is 0 Å². The van der Waals surface area contributed by atoms with E-state index >= 15 is 0 Å². The van der Waals surface area contributed by atoms with Crippen molar-refractivity contribution in [2.24, 2.45) is 0 Å². The summed E-state index contributed by atoms with van der Waals surface area (Å²) in [5, 5.41) is 0. The van der Waals surface area contributed by atoms with E-state index < -0.39 is 119 Å². The molecule has 0 aliphatic heterocycles. The number of alkyl halides is 40. The van der Waals surface area contributed by atoms with E-state index in [-0.39, 0.29) is 0 Å². The first-order valence-corrected chi connectivity index (χ1v) is 12.5. The van der Waals surface area contributed by atoms with Crippen molar-refractivity contribution in [1.82, 2.24) is 0 Å². The number of halogens is 40. The molecule has 0 aromatic carbocycles. The largest absolute Gasteiger partial charge is 0.460 e. The summed E-state index contributed by atoms with van der Waals surface area (Å²) >= 11 is 0. The van der Waals surface area contributed by atoms with Crippen LogP contribution in [0.4, 0.5) is 176 Å². The van der Waals surface area contributed by atoms with Crippen molar-refractivity contribution in [2.45, 2.75) is 113 Å². The Morgan fingerprint density at radius 1 is 0.150 bits per heavy atom. The lowest BCUT2D eigenvalue weighted by molar-refractivity contribution is -0.494. The first kappa shape index (κ1) is 57.2. The van der Waals surface area contributed by atoms with E-state index in [0.717, 1.165) is 0 Å². The van der Waals surface area contributed by atoms with Gasteiger partial charge in [-0.25, -0.2) is 4.39 Å². The molecular weight excluding hydrogens is 1000 g/mol. The minimum absolute atomic E-state index is 4.52. The van der Waals surface area contributed by atoms with Crippen molar-refractivity contribution in [3.05, 3.63) is 0 Å². The summed E-state index contributed by atoms with van der Waals surface area (Å²) < 4.78 is 536. The fourth-order valence-corrected chi connectivity index (χ4v) is 3.45. The highest BCUT2D eigenvalue weighted by atomic mass is 19.4. The number of hydrogen-bond donors (Lipinski definition) is 0. The van der Waals surface area contributed by atoms with Crippen LogP contribution >= 0.6 is 0 Å². The van der Waals surface area contributed by atoms with Gasteiger partial charge in [0.25, 0.3) is 0 Å². The maximum Gasteiger partial charge on any atom is 0.460 e. The van der Waals surface area contributed by atoms with Gasteiger partial charge in [0.05, 0.1) is 0 Å². The lowest BCUT2D eigenvalue weighted by atomic mass is 9.82. The molecular formula is C20H2F40. The predicted molar refractivity (Wildman–Crippen MR) is 101 cm³/mol. The summed E-state index contributed by atoms with van der Waals surface area (Å²) in [5.74, 6) is -178. The van der Waals surface area contributed by atoms with Gasteiger partial charge in [0, 0.05) is 0 Å². The van der Waals surface area contributed by atoms with E-state index in [4.69, 9.17) is 0 Å².